The van der Waals surface area contributed by atoms with Gasteiger partial charge in [-0.2, -0.15) is 0 Å². The van der Waals surface area contributed by atoms with Gasteiger partial charge >= 0.3 is 0 Å². The standard InChI is InChI=1S/C53H54N2O/c1-52(2,3)36-49(53(4,5)6)39-20-18-37(19-21-39)40-24-32-50-47(34-40)48-35-41(25-33-51(48)55(50)45-28-30-46(56-7)31-29-45)38-22-26-44(27-23-38)54(42-14-10-8-11-15-42)43-16-12-9-13-17-43/h8-12,14-16,18-35,49H,13,17,36H2,1-7H3. The quantitative estimate of drug-likeness (QED) is 0.147. The Balaban J connectivity index is 1.21. The summed E-state index contributed by atoms with van der Waals surface area (Å²) in [6.45, 7) is 14.2. The molecule has 3 heteroatoms. The van der Waals surface area contributed by atoms with Crippen molar-refractivity contribution in [3.8, 4) is 33.7 Å². The highest BCUT2D eigenvalue weighted by Gasteiger charge is 2.30. The van der Waals surface area contributed by atoms with Crippen LogP contribution in [0.1, 0.15) is 72.3 Å². The van der Waals surface area contributed by atoms with Crippen molar-refractivity contribution in [2.75, 3.05) is 12.0 Å². The van der Waals surface area contributed by atoms with Crippen LogP contribution in [0.4, 0.5) is 11.4 Å². The van der Waals surface area contributed by atoms with E-state index in [0.29, 0.717) is 5.92 Å². The van der Waals surface area contributed by atoms with Gasteiger partial charge in [0.15, 0.2) is 0 Å². The molecule has 1 aliphatic rings. The first-order chi connectivity index (χ1) is 27.0. The van der Waals surface area contributed by atoms with Crippen molar-refractivity contribution < 1.29 is 4.74 Å². The molecule has 1 heterocycles. The minimum absolute atomic E-state index is 0.181. The first-order valence-electron chi connectivity index (χ1n) is 20.1. The molecule has 0 bridgehead atoms. The van der Waals surface area contributed by atoms with Gasteiger partial charge in [-0.25, -0.2) is 0 Å². The Bertz CT molecular complexity index is 2520. The number of hydrogen-bond donors (Lipinski definition) is 0. The molecule has 1 atom stereocenters. The molecule has 8 rings (SSSR count). The van der Waals surface area contributed by atoms with Crippen molar-refractivity contribution in [3.63, 3.8) is 0 Å². The zero-order chi connectivity index (χ0) is 39.0. The zero-order valence-electron chi connectivity index (χ0n) is 34.0. The number of rotatable bonds is 9. The molecule has 0 saturated heterocycles. The number of allylic oxidation sites excluding steroid dienone is 4. The molecule has 7 aromatic rings. The predicted octanol–water partition coefficient (Wildman–Crippen LogP) is 15.1. The number of nitrogens with zero attached hydrogens (tertiary/aromatic N) is 2. The van der Waals surface area contributed by atoms with Gasteiger partial charge in [-0.05, 0) is 143 Å². The van der Waals surface area contributed by atoms with Gasteiger partial charge in [0.2, 0.25) is 0 Å². The Hall–Kier alpha value is -5.80. The third-order valence-corrected chi connectivity index (χ3v) is 11.4. The second-order valence-corrected chi connectivity index (χ2v) is 17.6. The van der Waals surface area contributed by atoms with E-state index in [1.54, 1.807) is 7.11 Å². The first-order valence-corrected chi connectivity index (χ1v) is 20.1. The number of ether oxygens (including phenoxy) is 1. The molecule has 0 N–H and O–H groups in total. The van der Waals surface area contributed by atoms with Crippen LogP contribution in [0.3, 0.4) is 0 Å². The Morgan fingerprint density at radius 2 is 1.18 bits per heavy atom. The number of aromatic nitrogens is 1. The number of anilines is 2. The van der Waals surface area contributed by atoms with E-state index in [-0.39, 0.29) is 10.8 Å². The summed E-state index contributed by atoms with van der Waals surface area (Å²) < 4.78 is 7.90. The monoisotopic (exact) mass is 734 g/mol. The highest BCUT2D eigenvalue weighted by Crippen LogP contribution is 2.44. The molecule has 0 aliphatic heterocycles. The lowest BCUT2D eigenvalue weighted by atomic mass is 9.69. The van der Waals surface area contributed by atoms with Gasteiger partial charge < -0.3 is 14.2 Å². The summed E-state index contributed by atoms with van der Waals surface area (Å²) in [6, 6.07) is 51.4. The van der Waals surface area contributed by atoms with Crippen molar-refractivity contribution in [1.82, 2.24) is 4.57 Å². The molecule has 56 heavy (non-hydrogen) atoms. The van der Waals surface area contributed by atoms with Crippen LogP contribution in [0.5, 0.6) is 5.75 Å². The van der Waals surface area contributed by atoms with Crippen LogP contribution < -0.4 is 9.64 Å². The number of methoxy groups -OCH3 is 1. The fourth-order valence-electron chi connectivity index (χ4n) is 8.47. The van der Waals surface area contributed by atoms with Crippen molar-refractivity contribution in [1.29, 1.82) is 0 Å². The second kappa shape index (κ2) is 15.0. The maximum Gasteiger partial charge on any atom is 0.119 e. The van der Waals surface area contributed by atoms with E-state index in [4.69, 9.17) is 4.74 Å². The van der Waals surface area contributed by atoms with Gasteiger partial charge in [-0.1, -0.05) is 120 Å². The molecule has 0 amide bonds. The maximum atomic E-state index is 5.52. The zero-order valence-corrected chi connectivity index (χ0v) is 34.0. The molecule has 1 aromatic heterocycles. The molecule has 0 radical (unpaired) electrons. The van der Waals surface area contributed by atoms with Gasteiger partial charge in [0.05, 0.1) is 18.1 Å². The Kier molecular flexibility index (Phi) is 9.97. The summed E-state index contributed by atoms with van der Waals surface area (Å²) in [6.07, 6.45) is 9.89. The van der Waals surface area contributed by atoms with Crippen molar-refractivity contribution in [2.24, 2.45) is 10.8 Å². The fourth-order valence-corrected chi connectivity index (χ4v) is 8.47. The van der Waals surface area contributed by atoms with Crippen molar-refractivity contribution in [3.05, 3.63) is 169 Å². The fraction of sp³-hybridized carbons (Fsp3) is 0.245. The molecule has 0 spiro atoms. The minimum Gasteiger partial charge on any atom is -0.497 e. The summed E-state index contributed by atoms with van der Waals surface area (Å²) in [5, 5.41) is 2.47. The lowest BCUT2D eigenvalue weighted by Gasteiger charge is -2.36. The minimum atomic E-state index is 0.181. The van der Waals surface area contributed by atoms with E-state index in [0.717, 1.165) is 30.7 Å². The molecule has 6 aromatic carbocycles. The average Bonchev–Trinajstić information content (AvgIpc) is 3.53. The lowest BCUT2D eigenvalue weighted by Crippen LogP contribution is -2.23. The lowest BCUT2D eigenvalue weighted by molar-refractivity contribution is 0.229. The van der Waals surface area contributed by atoms with E-state index in [1.807, 2.05) is 12.1 Å². The Morgan fingerprint density at radius 1 is 0.625 bits per heavy atom. The van der Waals surface area contributed by atoms with Gasteiger partial charge in [0.25, 0.3) is 0 Å². The first kappa shape index (κ1) is 37.1. The van der Waals surface area contributed by atoms with Crippen molar-refractivity contribution >= 4 is 33.2 Å². The number of hydrogen-bond acceptors (Lipinski definition) is 2. The molecule has 0 saturated carbocycles. The molecule has 3 nitrogen and oxygen atoms in total. The van der Waals surface area contributed by atoms with E-state index < -0.39 is 0 Å². The van der Waals surface area contributed by atoms with E-state index in [1.165, 1.54) is 66.7 Å². The maximum absolute atomic E-state index is 5.52. The van der Waals surface area contributed by atoms with Gasteiger partial charge in [0.1, 0.15) is 5.75 Å². The number of para-hydroxylation sites is 1. The summed E-state index contributed by atoms with van der Waals surface area (Å²) >= 11 is 0. The van der Waals surface area contributed by atoms with Crippen LogP contribution in [0, 0.1) is 10.8 Å². The molecular formula is C53H54N2O. The van der Waals surface area contributed by atoms with Crippen LogP contribution in [-0.2, 0) is 0 Å². The highest BCUT2D eigenvalue weighted by atomic mass is 16.5. The molecule has 0 fully saturated rings. The number of benzene rings is 6. The third kappa shape index (κ3) is 7.56. The largest absolute Gasteiger partial charge is 0.497 e. The van der Waals surface area contributed by atoms with Gasteiger partial charge in [-0.15, -0.1) is 0 Å². The topological polar surface area (TPSA) is 17.4 Å². The number of fused-ring (bicyclic) bond motifs is 3. The van der Waals surface area contributed by atoms with Crippen LogP contribution in [0.25, 0.3) is 49.7 Å². The van der Waals surface area contributed by atoms with E-state index in [9.17, 15) is 0 Å². The van der Waals surface area contributed by atoms with Crippen LogP contribution in [0.15, 0.2) is 163 Å². The van der Waals surface area contributed by atoms with E-state index >= 15 is 0 Å². The second-order valence-electron chi connectivity index (χ2n) is 17.6. The SMILES string of the molecule is COc1ccc(-n2c3ccc(-c4ccc(C(CC(C)(C)C)C(C)(C)C)cc4)cc3c3cc(-c4ccc(N(C5=CC=CCC5)c5ccccc5)cc4)ccc32)cc1. The smallest absolute Gasteiger partial charge is 0.119 e. The van der Waals surface area contributed by atoms with Gasteiger partial charge in [-0.3, -0.25) is 0 Å². The molecular weight excluding hydrogens is 681 g/mol. The molecule has 282 valence electrons. The average molecular weight is 735 g/mol. The summed E-state index contributed by atoms with van der Waals surface area (Å²) in [7, 11) is 1.72. The molecule has 1 aliphatic carbocycles. The summed E-state index contributed by atoms with van der Waals surface area (Å²) in [5.74, 6) is 1.33. The van der Waals surface area contributed by atoms with Crippen molar-refractivity contribution in [2.45, 2.75) is 66.7 Å². The van der Waals surface area contributed by atoms with Crippen LogP contribution >= 0.6 is 0 Å². The molecule has 1 unspecified atom stereocenters. The van der Waals surface area contributed by atoms with Crippen LogP contribution in [0.2, 0.25) is 0 Å². The van der Waals surface area contributed by atoms with E-state index in [2.05, 4.69) is 197 Å². The normalized spacial score (nSPS) is 13.9. The predicted molar refractivity (Wildman–Crippen MR) is 240 cm³/mol. The van der Waals surface area contributed by atoms with Gasteiger partial charge in [0, 0.05) is 33.5 Å². The Labute approximate surface area is 333 Å². The third-order valence-electron chi connectivity index (χ3n) is 11.4. The van der Waals surface area contributed by atoms with Crippen LogP contribution in [-0.4, -0.2) is 11.7 Å². The highest BCUT2D eigenvalue weighted by molar-refractivity contribution is 6.11. The summed E-state index contributed by atoms with van der Waals surface area (Å²) in [5.41, 5.74) is 13.9. The summed E-state index contributed by atoms with van der Waals surface area (Å²) in [4.78, 5) is 2.39. The Morgan fingerprint density at radius 3 is 1.70 bits per heavy atom.